The molecule has 0 saturated carbocycles. The normalized spacial score (nSPS) is 11.3. The van der Waals surface area contributed by atoms with Gasteiger partial charge in [-0.25, -0.2) is 8.78 Å². The minimum atomic E-state index is -0.604. The zero-order chi connectivity index (χ0) is 17.6. The Hall–Kier alpha value is -3.21. The number of hydrogen-bond acceptors (Lipinski definition) is 1. The molecule has 1 heterocycles. The van der Waals surface area contributed by atoms with Crippen LogP contribution >= 0.6 is 0 Å². The molecule has 0 aliphatic carbocycles. The SMILES string of the molecule is NC(=O)c1cccc2c1c1[c]c(F)ccc1n2Cc1ccccc1F. The van der Waals surface area contributed by atoms with Gasteiger partial charge in [0.2, 0.25) is 5.91 Å². The summed E-state index contributed by atoms with van der Waals surface area (Å²) in [4.78, 5) is 11.8. The molecule has 3 aromatic carbocycles. The highest BCUT2D eigenvalue weighted by Crippen LogP contribution is 2.32. The summed E-state index contributed by atoms with van der Waals surface area (Å²) in [5.41, 5.74) is 7.60. The first-order valence-electron chi connectivity index (χ1n) is 7.72. The van der Waals surface area contributed by atoms with E-state index in [0.29, 0.717) is 27.4 Å². The van der Waals surface area contributed by atoms with Gasteiger partial charge in [-0.15, -0.1) is 0 Å². The Bertz CT molecular complexity index is 1130. The number of benzene rings is 3. The maximum atomic E-state index is 14.1. The number of hydrogen-bond donors (Lipinski definition) is 1. The highest BCUT2D eigenvalue weighted by atomic mass is 19.1. The van der Waals surface area contributed by atoms with Crippen molar-refractivity contribution in [3.05, 3.63) is 83.4 Å². The van der Waals surface area contributed by atoms with E-state index < -0.39 is 11.7 Å². The summed E-state index contributed by atoms with van der Waals surface area (Å²) < 4.78 is 29.7. The smallest absolute Gasteiger partial charge is 0.249 e. The van der Waals surface area contributed by atoms with E-state index in [-0.39, 0.29) is 17.9 Å². The molecule has 0 unspecified atom stereocenters. The Morgan fingerprint density at radius 2 is 1.80 bits per heavy atom. The summed E-state index contributed by atoms with van der Waals surface area (Å²) in [7, 11) is 0. The zero-order valence-electron chi connectivity index (χ0n) is 13.1. The molecule has 25 heavy (non-hydrogen) atoms. The summed E-state index contributed by atoms with van der Waals surface area (Å²) in [5, 5.41) is 0.988. The van der Waals surface area contributed by atoms with Gasteiger partial charge >= 0.3 is 0 Å². The second-order valence-corrected chi connectivity index (χ2v) is 5.81. The molecule has 123 valence electrons. The van der Waals surface area contributed by atoms with Crippen molar-refractivity contribution in [3.63, 3.8) is 0 Å². The standard InChI is InChI=1S/C20H13F2N2O/c21-13-8-9-17-15(10-13)19-14(20(23)25)5-3-7-18(19)24(17)11-12-4-1-2-6-16(12)22/h1-9H,11H2,(H2,23,25). The molecule has 2 N–H and O–H groups in total. The van der Waals surface area contributed by atoms with Crippen LogP contribution in [0.15, 0.2) is 54.6 Å². The molecule has 4 rings (SSSR count). The van der Waals surface area contributed by atoms with Gasteiger partial charge in [0.15, 0.2) is 0 Å². The van der Waals surface area contributed by atoms with Gasteiger partial charge in [-0.2, -0.15) is 0 Å². The van der Waals surface area contributed by atoms with Crippen LogP contribution in [-0.4, -0.2) is 10.5 Å². The number of nitrogens with zero attached hydrogens (tertiary/aromatic N) is 1. The number of fused-ring (bicyclic) bond motifs is 3. The van der Waals surface area contributed by atoms with Crippen LogP contribution in [0.1, 0.15) is 15.9 Å². The van der Waals surface area contributed by atoms with E-state index in [1.807, 2.05) is 4.57 Å². The molecule has 1 amide bonds. The molecule has 0 aliphatic heterocycles. The number of nitrogens with two attached hydrogens (primary N) is 1. The van der Waals surface area contributed by atoms with Gasteiger partial charge in [0.1, 0.15) is 11.6 Å². The van der Waals surface area contributed by atoms with E-state index in [0.717, 1.165) is 0 Å². The first-order valence-corrected chi connectivity index (χ1v) is 7.72. The summed E-state index contributed by atoms with van der Waals surface area (Å²) in [6, 6.07) is 17.1. The molecule has 0 fully saturated rings. The van der Waals surface area contributed by atoms with Crippen LogP contribution in [0.25, 0.3) is 21.8 Å². The first-order chi connectivity index (χ1) is 12.1. The highest BCUT2D eigenvalue weighted by Gasteiger charge is 2.17. The molecule has 0 bridgehead atoms. The van der Waals surface area contributed by atoms with Crippen molar-refractivity contribution in [1.82, 2.24) is 4.57 Å². The maximum absolute atomic E-state index is 14.1. The number of rotatable bonds is 3. The molecule has 1 aromatic heterocycles. The fourth-order valence-corrected chi connectivity index (χ4v) is 3.21. The zero-order valence-corrected chi connectivity index (χ0v) is 13.1. The Morgan fingerprint density at radius 1 is 1.00 bits per heavy atom. The van der Waals surface area contributed by atoms with Crippen molar-refractivity contribution >= 4 is 27.7 Å². The lowest BCUT2D eigenvalue weighted by molar-refractivity contribution is 0.100. The molecule has 0 aliphatic rings. The number of primary amides is 1. The molecule has 5 heteroatoms. The lowest BCUT2D eigenvalue weighted by Crippen LogP contribution is -2.11. The predicted molar refractivity (Wildman–Crippen MR) is 92.3 cm³/mol. The third-order valence-corrected chi connectivity index (χ3v) is 4.31. The fraction of sp³-hybridized carbons (Fsp3) is 0.0500. The van der Waals surface area contributed by atoms with Gasteiger partial charge in [-0.05, 0) is 30.3 Å². The fourth-order valence-electron chi connectivity index (χ4n) is 3.21. The lowest BCUT2D eigenvalue weighted by Gasteiger charge is -2.09. The van der Waals surface area contributed by atoms with Crippen LogP contribution in [0.2, 0.25) is 0 Å². The Kier molecular flexibility index (Phi) is 3.50. The average molecular weight is 335 g/mol. The number of halogens is 2. The van der Waals surface area contributed by atoms with Gasteiger partial charge in [0.05, 0.1) is 17.6 Å². The average Bonchev–Trinajstić information content (AvgIpc) is 2.90. The topological polar surface area (TPSA) is 48.0 Å². The van der Waals surface area contributed by atoms with Gasteiger partial charge in [-0.3, -0.25) is 4.79 Å². The van der Waals surface area contributed by atoms with E-state index in [2.05, 4.69) is 6.07 Å². The number of amides is 1. The van der Waals surface area contributed by atoms with Crippen molar-refractivity contribution in [3.8, 4) is 0 Å². The van der Waals surface area contributed by atoms with Crippen LogP contribution in [0, 0.1) is 17.7 Å². The van der Waals surface area contributed by atoms with Crippen molar-refractivity contribution in [1.29, 1.82) is 0 Å². The predicted octanol–water partition coefficient (Wildman–Crippen LogP) is 4.02. The van der Waals surface area contributed by atoms with Crippen molar-refractivity contribution in [2.24, 2.45) is 5.73 Å². The van der Waals surface area contributed by atoms with Crippen molar-refractivity contribution in [2.75, 3.05) is 0 Å². The van der Waals surface area contributed by atoms with E-state index in [4.69, 9.17) is 5.73 Å². The first kappa shape index (κ1) is 15.3. The molecular formula is C20H13F2N2O. The van der Waals surface area contributed by atoms with E-state index >= 15 is 0 Å². The van der Waals surface area contributed by atoms with Gasteiger partial charge < -0.3 is 10.3 Å². The maximum Gasteiger partial charge on any atom is 0.249 e. The summed E-state index contributed by atoms with van der Waals surface area (Å²) in [6.07, 6.45) is 0. The molecule has 1 radical (unpaired) electrons. The van der Waals surface area contributed by atoms with Gasteiger partial charge in [-0.1, -0.05) is 24.3 Å². The minimum absolute atomic E-state index is 0.244. The summed E-state index contributed by atoms with van der Waals surface area (Å²) >= 11 is 0. The summed E-state index contributed by atoms with van der Waals surface area (Å²) in [5.74, 6) is -1.46. The Morgan fingerprint density at radius 3 is 2.56 bits per heavy atom. The molecule has 0 spiro atoms. The van der Waals surface area contributed by atoms with Crippen LogP contribution in [0.3, 0.4) is 0 Å². The highest BCUT2D eigenvalue weighted by molar-refractivity contribution is 6.17. The Balaban J connectivity index is 2.08. The van der Waals surface area contributed by atoms with Crippen LogP contribution < -0.4 is 5.73 Å². The summed E-state index contributed by atoms with van der Waals surface area (Å²) in [6.45, 7) is 0.244. The Labute approximate surface area is 142 Å². The largest absolute Gasteiger partial charge is 0.366 e. The van der Waals surface area contributed by atoms with Crippen LogP contribution in [0.5, 0.6) is 0 Å². The molecule has 0 saturated heterocycles. The van der Waals surface area contributed by atoms with Gasteiger partial charge in [0, 0.05) is 28.0 Å². The second kappa shape index (κ2) is 5.70. The van der Waals surface area contributed by atoms with Crippen LogP contribution in [0.4, 0.5) is 8.78 Å². The number of carbonyl (C=O) groups is 1. The van der Waals surface area contributed by atoms with Crippen molar-refractivity contribution in [2.45, 2.75) is 6.54 Å². The second-order valence-electron chi connectivity index (χ2n) is 5.81. The number of aromatic nitrogens is 1. The number of carbonyl (C=O) groups excluding carboxylic acids is 1. The minimum Gasteiger partial charge on any atom is -0.366 e. The quantitative estimate of drug-likeness (QED) is 0.604. The molecule has 4 aromatic rings. The van der Waals surface area contributed by atoms with Crippen LogP contribution in [-0.2, 0) is 6.54 Å². The molecular weight excluding hydrogens is 322 g/mol. The van der Waals surface area contributed by atoms with E-state index in [9.17, 15) is 13.6 Å². The van der Waals surface area contributed by atoms with E-state index in [1.54, 1.807) is 42.5 Å². The van der Waals surface area contributed by atoms with Gasteiger partial charge in [0.25, 0.3) is 0 Å². The van der Waals surface area contributed by atoms with E-state index in [1.165, 1.54) is 12.1 Å². The third kappa shape index (κ3) is 2.45. The monoisotopic (exact) mass is 335 g/mol. The van der Waals surface area contributed by atoms with Crippen molar-refractivity contribution < 1.29 is 13.6 Å². The molecule has 0 atom stereocenters. The molecule has 3 nitrogen and oxygen atoms in total. The third-order valence-electron chi connectivity index (χ3n) is 4.31. The lowest BCUT2D eigenvalue weighted by atomic mass is 10.1.